The van der Waals surface area contributed by atoms with Crippen molar-refractivity contribution in [2.75, 3.05) is 34.4 Å². The Hall–Kier alpha value is -3.38. The lowest BCUT2D eigenvalue weighted by atomic mass is 9.97. The third kappa shape index (κ3) is 4.60. The summed E-state index contributed by atoms with van der Waals surface area (Å²) in [5, 5.41) is 0. The summed E-state index contributed by atoms with van der Waals surface area (Å²) in [6.45, 7) is 2.13. The van der Waals surface area contributed by atoms with E-state index in [-0.39, 0.29) is 11.9 Å². The van der Waals surface area contributed by atoms with Gasteiger partial charge in [0.25, 0.3) is 0 Å². The molecule has 6 nitrogen and oxygen atoms in total. The summed E-state index contributed by atoms with van der Waals surface area (Å²) < 4.78 is 11.1. The summed E-state index contributed by atoms with van der Waals surface area (Å²) in [7, 11) is 5.17. The van der Waals surface area contributed by atoms with Crippen molar-refractivity contribution < 1.29 is 14.3 Å². The van der Waals surface area contributed by atoms with E-state index in [2.05, 4.69) is 34.1 Å². The highest BCUT2D eigenvalue weighted by Crippen LogP contribution is 2.32. The zero-order valence-electron chi connectivity index (χ0n) is 18.8. The minimum absolute atomic E-state index is 0.146. The van der Waals surface area contributed by atoms with Crippen LogP contribution in [0.25, 0.3) is 11.1 Å². The molecule has 2 aromatic carbocycles. The zero-order valence-corrected chi connectivity index (χ0v) is 18.8. The van der Waals surface area contributed by atoms with Gasteiger partial charge in [0.05, 0.1) is 20.3 Å². The number of ether oxygens (including phenoxy) is 2. The average molecular weight is 432 g/mol. The van der Waals surface area contributed by atoms with Crippen LogP contribution in [0.4, 0.5) is 0 Å². The monoisotopic (exact) mass is 431 g/mol. The molecular weight excluding hydrogens is 402 g/mol. The Kier molecular flexibility index (Phi) is 6.71. The number of nitrogens with zero attached hydrogens (tertiary/aromatic N) is 3. The van der Waals surface area contributed by atoms with E-state index in [1.54, 1.807) is 26.6 Å². The smallest absolute Gasteiger partial charge is 0.240 e. The summed E-state index contributed by atoms with van der Waals surface area (Å²) in [6, 6.07) is 18.0. The van der Waals surface area contributed by atoms with Crippen molar-refractivity contribution in [3.63, 3.8) is 0 Å². The number of likely N-dealkylation sites (N-methyl/N-ethyl adjacent to an activating group) is 1. The van der Waals surface area contributed by atoms with Crippen LogP contribution in [0, 0.1) is 0 Å². The van der Waals surface area contributed by atoms with Crippen molar-refractivity contribution in [3.8, 4) is 22.6 Å². The highest BCUT2D eigenvalue weighted by molar-refractivity contribution is 5.83. The van der Waals surface area contributed by atoms with Crippen molar-refractivity contribution in [2.45, 2.75) is 19.0 Å². The van der Waals surface area contributed by atoms with E-state index >= 15 is 0 Å². The molecule has 0 aliphatic carbocycles. The number of aromatic nitrogens is 1. The number of para-hydroxylation sites is 1. The second-order valence-corrected chi connectivity index (χ2v) is 8.04. The number of carbonyl (C=O) groups is 1. The van der Waals surface area contributed by atoms with Crippen LogP contribution < -0.4 is 9.47 Å². The number of carbonyl (C=O) groups excluding carboxylic acids is 1. The number of pyridine rings is 1. The second-order valence-electron chi connectivity index (χ2n) is 8.04. The molecule has 1 unspecified atom stereocenters. The number of methoxy groups -OCH3 is 2. The molecule has 0 saturated carbocycles. The third-order valence-corrected chi connectivity index (χ3v) is 6.05. The summed E-state index contributed by atoms with van der Waals surface area (Å²) in [5.41, 5.74) is 4.39. The largest absolute Gasteiger partial charge is 0.493 e. The highest BCUT2D eigenvalue weighted by Gasteiger charge is 2.33. The number of benzene rings is 2. The summed E-state index contributed by atoms with van der Waals surface area (Å²) in [5.74, 6) is 1.57. The lowest BCUT2D eigenvalue weighted by molar-refractivity contribution is -0.140. The van der Waals surface area contributed by atoms with E-state index < -0.39 is 0 Å². The third-order valence-electron chi connectivity index (χ3n) is 6.05. The van der Waals surface area contributed by atoms with Crippen LogP contribution in [-0.4, -0.2) is 61.1 Å². The van der Waals surface area contributed by atoms with E-state index in [1.807, 2.05) is 42.3 Å². The van der Waals surface area contributed by atoms with Crippen molar-refractivity contribution in [1.82, 2.24) is 14.8 Å². The van der Waals surface area contributed by atoms with E-state index in [4.69, 9.17) is 9.47 Å². The average Bonchev–Trinajstić information content (AvgIpc) is 2.84. The molecule has 1 atom stereocenters. The van der Waals surface area contributed by atoms with Crippen LogP contribution in [0.1, 0.15) is 11.1 Å². The van der Waals surface area contributed by atoms with Gasteiger partial charge < -0.3 is 14.4 Å². The molecule has 1 aliphatic heterocycles. The molecule has 0 radical (unpaired) electrons. The Morgan fingerprint density at radius 3 is 2.50 bits per heavy atom. The van der Waals surface area contributed by atoms with Gasteiger partial charge in [-0.25, -0.2) is 0 Å². The van der Waals surface area contributed by atoms with Crippen molar-refractivity contribution >= 4 is 5.91 Å². The lowest BCUT2D eigenvalue weighted by Gasteiger charge is -2.39. The summed E-state index contributed by atoms with van der Waals surface area (Å²) in [6.07, 6.45) is 4.24. The second kappa shape index (κ2) is 9.83. The fourth-order valence-corrected chi connectivity index (χ4v) is 4.30. The molecule has 1 fully saturated rings. The number of hydrogen-bond donors (Lipinski definition) is 0. The molecule has 0 bridgehead atoms. The Morgan fingerprint density at radius 2 is 1.75 bits per heavy atom. The topological polar surface area (TPSA) is 54.9 Å². The Balaban J connectivity index is 1.60. The molecule has 1 aliphatic rings. The number of rotatable bonds is 7. The van der Waals surface area contributed by atoms with Crippen LogP contribution in [0.15, 0.2) is 67.0 Å². The van der Waals surface area contributed by atoms with Gasteiger partial charge in [-0.1, -0.05) is 36.4 Å². The number of hydrogen-bond acceptors (Lipinski definition) is 5. The van der Waals surface area contributed by atoms with Crippen LogP contribution >= 0.6 is 0 Å². The Morgan fingerprint density at radius 1 is 0.969 bits per heavy atom. The fraction of sp³-hybridized carbons (Fsp3) is 0.308. The number of piperazine rings is 1. The Bertz CT molecular complexity index is 1070. The molecule has 1 saturated heterocycles. The molecule has 166 valence electrons. The standard InChI is InChI=1S/C26H29N3O3/c1-28-14-15-29(18-22-8-5-9-24(31-2)25(22)32-3)23(26(28)30)17-19-6-4-7-21(16-19)20-10-12-27-13-11-20/h4-13,16,23H,14-15,17-18H2,1-3H3. The maximum atomic E-state index is 13.2. The molecule has 0 spiro atoms. The molecule has 1 aromatic heterocycles. The van der Waals surface area contributed by atoms with Crippen molar-refractivity contribution in [1.29, 1.82) is 0 Å². The maximum Gasteiger partial charge on any atom is 0.240 e. The predicted molar refractivity (Wildman–Crippen MR) is 125 cm³/mol. The molecule has 4 rings (SSSR count). The zero-order chi connectivity index (χ0) is 22.5. The first-order chi connectivity index (χ1) is 15.6. The minimum Gasteiger partial charge on any atom is -0.493 e. The van der Waals surface area contributed by atoms with Gasteiger partial charge >= 0.3 is 0 Å². The normalized spacial score (nSPS) is 16.8. The van der Waals surface area contributed by atoms with Gasteiger partial charge in [0.1, 0.15) is 0 Å². The number of amides is 1. The minimum atomic E-state index is -0.239. The molecule has 2 heterocycles. The summed E-state index contributed by atoms with van der Waals surface area (Å²) >= 11 is 0. The van der Waals surface area contributed by atoms with E-state index in [0.29, 0.717) is 25.3 Å². The SMILES string of the molecule is COc1cccc(CN2CCN(C)C(=O)C2Cc2cccc(-c3ccncc3)c2)c1OC. The van der Waals surface area contributed by atoms with Gasteiger partial charge in [-0.2, -0.15) is 0 Å². The molecule has 3 aromatic rings. The van der Waals surface area contributed by atoms with E-state index in [1.165, 1.54) is 0 Å². The molecule has 0 N–H and O–H groups in total. The van der Waals surface area contributed by atoms with Crippen molar-refractivity contribution in [2.24, 2.45) is 0 Å². The van der Waals surface area contributed by atoms with E-state index in [0.717, 1.165) is 34.5 Å². The fourth-order valence-electron chi connectivity index (χ4n) is 4.30. The molecule has 1 amide bonds. The van der Waals surface area contributed by atoms with Gasteiger partial charge in [-0.05, 0) is 41.3 Å². The van der Waals surface area contributed by atoms with Crippen LogP contribution in [-0.2, 0) is 17.8 Å². The van der Waals surface area contributed by atoms with Gasteiger partial charge in [0, 0.05) is 44.6 Å². The maximum absolute atomic E-state index is 13.2. The first-order valence-corrected chi connectivity index (χ1v) is 10.8. The molecule has 32 heavy (non-hydrogen) atoms. The predicted octanol–water partition coefficient (Wildman–Crippen LogP) is 3.65. The highest BCUT2D eigenvalue weighted by atomic mass is 16.5. The van der Waals surface area contributed by atoms with Crippen LogP contribution in [0.5, 0.6) is 11.5 Å². The first-order valence-electron chi connectivity index (χ1n) is 10.8. The quantitative estimate of drug-likeness (QED) is 0.572. The van der Waals surface area contributed by atoms with Crippen LogP contribution in [0.2, 0.25) is 0 Å². The van der Waals surface area contributed by atoms with Gasteiger partial charge in [0.15, 0.2) is 11.5 Å². The van der Waals surface area contributed by atoms with Gasteiger partial charge in [-0.15, -0.1) is 0 Å². The molecular formula is C26H29N3O3. The first kappa shape index (κ1) is 21.8. The van der Waals surface area contributed by atoms with E-state index in [9.17, 15) is 4.79 Å². The van der Waals surface area contributed by atoms with Gasteiger partial charge in [-0.3, -0.25) is 14.7 Å². The Labute approximate surface area is 189 Å². The summed E-state index contributed by atoms with van der Waals surface area (Å²) in [4.78, 5) is 21.4. The van der Waals surface area contributed by atoms with Gasteiger partial charge in [0.2, 0.25) is 5.91 Å². The van der Waals surface area contributed by atoms with Crippen molar-refractivity contribution in [3.05, 3.63) is 78.1 Å². The lowest BCUT2D eigenvalue weighted by Crippen LogP contribution is -2.56. The van der Waals surface area contributed by atoms with Crippen LogP contribution in [0.3, 0.4) is 0 Å². The molecule has 6 heteroatoms.